The van der Waals surface area contributed by atoms with Crippen LogP contribution >= 0.6 is 27.3 Å². The van der Waals surface area contributed by atoms with Crippen LogP contribution in [0.25, 0.3) is 0 Å². The fourth-order valence-corrected chi connectivity index (χ4v) is 5.89. The molecule has 0 saturated heterocycles. The molecule has 1 saturated carbocycles. The Hall–Kier alpha value is 0.0900. The van der Waals surface area contributed by atoms with Crippen LogP contribution in [-0.4, -0.2) is 15.0 Å². The second-order valence-electron chi connectivity index (χ2n) is 4.75. The third-order valence-corrected chi connectivity index (χ3v) is 7.52. The highest BCUT2D eigenvalue weighted by Gasteiger charge is 2.19. The van der Waals surface area contributed by atoms with Crippen LogP contribution in [0, 0.1) is 5.92 Å². The Morgan fingerprint density at radius 1 is 1.39 bits per heavy atom. The monoisotopic (exact) mass is 351 g/mol. The zero-order chi connectivity index (χ0) is 13.0. The van der Waals surface area contributed by atoms with Gasteiger partial charge in [0.1, 0.15) is 4.21 Å². The van der Waals surface area contributed by atoms with Crippen LogP contribution in [0.2, 0.25) is 0 Å². The average Bonchev–Trinajstić information content (AvgIpc) is 2.95. The van der Waals surface area contributed by atoms with Gasteiger partial charge in [-0.3, -0.25) is 0 Å². The molecular formula is C12H18BrNO2S2. The third kappa shape index (κ3) is 3.79. The number of hydrogen-bond donors (Lipinski definition) is 1. The zero-order valence-corrected chi connectivity index (χ0v) is 13.4. The lowest BCUT2D eigenvalue weighted by molar-refractivity contribution is 0.480. The first kappa shape index (κ1) is 14.5. The minimum Gasteiger partial charge on any atom is -0.210 e. The Labute approximate surface area is 121 Å². The second-order valence-corrected chi connectivity index (χ2v) is 8.48. The van der Waals surface area contributed by atoms with E-state index in [9.17, 15) is 8.42 Å². The minimum atomic E-state index is -3.32. The van der Waals surface area contributed by atoms with E-state index in [2.05, 4.69) is 20.7 Å². The van der Waals surface area contributed by atoms with Crippen molar-refractivity contribution < 1.29 is 8.42 Å². The lowest BCUT2D eigenvalue weighted by atomic mass is 10.0. The Bertz CT molecular complexity index is 478. The number of hydrogen-bond acceptors (Lipinski definition) is 3. The van der Waals surface area contributed by atoms with Gasteiger partial charge in [-0.05, 0) is 46.1 Å². The van der Waals surface area contributed by atoms with Gasteiger partial charge >= 0.3 is 0 Å². The van der Waals surface area contributed by atoms with E-state index in [4.69, 9.17) is 0 Å². The molecule has 3 nitrogen and oxygen atoms in total. The Morgan fingerprint density at radius 3 is 2.72 bits per heavy atom. The molecule has 1 N–H and O–H groups in total. The van der Waals surface area contributed by atoms with Crippen molar-refractivity contribution in [3.05, 3.63) is 15.9 Å². The standard InChI is InChI=1S/C12H18BrNO2S2/c13-11-7-9-17-12(11)18(15,16)14-8-3-6-10-4-1-2-5-10/h7,9-10,14H,1-6,8H2. The Morgan fingerprint density at radius 2 is 2.11 bits per heavy atom. The molecule has 102 valence electrons. The number of thiophene rings is 1. The third-order valence-electron chi connectivity index (χ3n) is 3.38. The van der Waals surface area contributed by atoms with Gasteiger partial charge in [0.15, 0.2) is 0 Å². The highest BCUT2D eigenvalue weighted by atomic mass is 79.9. The molecular weight excluding hydrogens is 334 g/mol. The van der Waals surface area contributed by atoms with E-state index in [1.54, 1.807) is 11.4 Å². The van der Waals surface area contributed by atoms with Crippen molar-refractivity contribution in [2.45, 2.75) is 42.7 Å². The second kappa shape index (κ2) is 6.50. The predicted octanol–water partition coefficient (Wildman–Crippen LogP) is 3.76. The molecule has 0 atom stereocenters. The Kier molecular flexibility index (Phi) is 5.24. The van der Waals surface area contributed by atoms with Crippen molar-refractivity contribution in [2.24, 2.45) is 5.92 Å². The molecule has 0 aliphatic heterocycles. The summed E-state index contributed by atoms with van der Waals surface area (Å²) in [5.41, 5.74) is 0. The number of nitrogens with one attached hydrogen (secondary N) is 1. The molecule has 1 heterocycles. The van der Waals surface area contributed by atoms with Crippen molar-refractivity contribution >= 4 is 37.3 Å². The van der Waals surface area contributed by atoms with Crippen LogP contribution in [0.3, 0.4) is 0 Å². The summed E-state index contributed by atoms with van der Waals surface area (Å²) in [5, 5.41) is 1.77. The Balaban J connectivity index is 1.77. The summed E-state index contributed by atoms with van der Waals surface area (Å²) in [6.07, 6.45) is 7.42. The summed E-state index contributed by atoms with van der Waals surface area (Å²) >= 11 is 4.50. The van der Waals surface area contributed by atoms with Crippen molar-refractivity contribution in [1.82, 2.24) is 4.72 Å². The quantitative estimate of drug-likeness (QED) is 0.793. The fourth-order valence-electron chi connectivity index (χ4n) is 2.43. The fraction of sp³-hybridized carbons (Fsp3) is 0.667. The molecule has 1 aliphatic rings. The van der Waals surface area contributed by atoms with Gasteiger partial charge in [0, 0.05) is 11.0 Å². The molecule has 0 unspecified atom stereocenters. The first-order chi connectivity index (χ1) is 8.59. The molecule has 1 fully saturated rings. The van der Waals surface area contributed by atoms with Crippen LogP contribution in [0.15, 0.2) is 20.1 Å². The number of sulfonamides is 1. The van der Waals surface area contributed by atoms with Gasteiger partial charge in [-0.2, -0.15) is 0 Å². The number of halogens is 1. The topological polar surface area (TPSA) is 46.2 Å². The number of rotatable bonds is 6. The van der Waals surface area contributed by atoms with E-state index >= 15 is 0 Å². The van der Waals surface area contributed by atoms with Crippen LogP contribution in [0.1, 0.15) is 38.5 Å². The van der Waals surface area contributed by atoms with Crippen LogP contribution < -0.4 is 4.72 Å². The van der Waals surface area contributed by atoms with Crippen molar-refractivity contribution in [2.75, 3.05) is 6.54 Å². The van der Waals surface area contributed by atoms with Crippen molar-refractivity contribution in [3.8, 4) is 0 Å². The maximum absolute atomic E-state index is 12.0. The van der Waals surface area contributed by atoms with E-state index in [0.717, 1.165) is 18.8 Å². The molecule has 1 aromatic rings. The van der Waals surface area contributed by atoms with Gasteiger partial charge in [0.25, 0.3) is 10.0 Å². The van der Waals surface area contributed by atoms with Crippen LogP contribution in [0.5, 0.6) is 0 Å². The average molecular weight is 352 g/mol. The predicted molar refractivity (Wildman–Crippen MR) is 78.4 cm³/mol. The summed E-state index contributed by atoms with van der Waals surface area (Å²) in [5.74, 6) is 0.822. The summed E-state index contributed by atoms with van der Waals surface area (Å²) in [6.45, 7) is 0.545. The summed E-state index contributed by atoms with van der Waals surface area (Å²) < 4.78 is 27.7. The normalized spacial score (nSPS) is 17.4. The molecule has 1 aromatic heterocycles. The van der Waals surface area contributed by atoms with Gasteiger partial charge < -0.3 is 0 Å². The van der Waals surface area contributed by atoms with E-state index < -0.39 is 10.0 Å². The van der Waals surface area contributed by atoms with Gasteiger partial charge in [0.2, 0.25) is 0 Å². The van der Waals surface area contributed by atoms with Gasteiger partial charge in [0.05, 0.1) is 0 Å². The van der Waals surface area contributed by atoms with E-state index in [1.807, 2.05) is 0 Å². The largest absolute Gasteiger partial charge is 0.251 e. The summed E-state index contributed by atoms with van der Waals surface area (Å²) in [7, 11) is -3.32. The molecule has 0 aromatic carbocycles. The van der Waals surface area contributed by atoms with E-state index in [1.165, 1.54) is 37.0 Å². The molecule has 0 amide bonds. The first-order valence-electron chi connectivity index (χ1n) is 6.32. The smallest absolute Gasteiger partial charge is 0.210 e. The molecule has 0 spiro atoms. The van der Waals surface area contributed by atoms with Crippen LogP contribution in [-0.2, 0) is 10.0 Å². The highest BCUT2D eigenvalue weighted by Crippen LogP contribution is 2.29. The summed E-state index contributed by atoms with van der Waals surface area (Å²) in [6, 6.07) is 1.76. The van der Waals surface area contributed by atoms with E-state index in [0.29, 0.717) is 15.2 Å². The van der Waals surface area contributed by atoms with Gasteiger partial charge in [-0.1, -0.05) is 25.7 Å². The van der Waals surface area contributed by atoms with Gasteiger partial charge in [-0.15, -0.1) is 11.3 Å². The SMILES string of the molecule is O=S(=O)(NCCCC1CCCC1)c1sccc1Br. The lowest BCUT2D eigenvalue weighted by Crippen LogP contribution is -2.24. The van der Waals surface area contributed by atoms with Crippen LogP contribution in [0.4, 0.5) is 0 Å². The lowest BCUT2D eigenvalue weighted by Gasteiger charge is -2.09. The minimum absolute atomic E-state index is 0.378. The maximum Gasteiger partial charge on any atom is 0.251 e. The van der Waals surface area contributed by atoms with Gasteiger partial charge in [-0.25, -0.2) is 13.1 Å². The molecule has 2 rings (SSSR count). The zero-order valence-electron chi connectivity index (χ0n) is 10.2. The van der Waals surface area contributed by atoms with Crippen molar-refractivity contribution in [1.29, 1.82) is 0 Å². The summed E-state index contributed by atoms with van der Waals surface area (Å²) in [4.78, 5) is 0. The highest BCUT2D eigenvalue weighted by molar-refractivity contribution is 9.10. The maximum atomic E-state index is 12.0. The molecule has 0 bridgehead atoms. The van der Waals surface area contributed by atoms with E-state index in [-0.39, 0.29) is 0 Å². The molecule has 6 heteroatoms. The molecule has 18 heavy (non-hydrogen) atoms. The molecule has 1 aliphatic carbocycles. The first-order valence-corrected chi connectivity index (χ1v) is 9.48. The molecule has 0 radical (unpaired) electrons. The van der Waals surface area contributed by atoms with Crippen molar-refractivity contribution in [3.63, 3.8) is 0 Å².